The quantitative estimate of drug-likeness (QED) is 0.795. The van der Waals surface area contributed by atoms with E-state index >= 15 is 0 Å². The molecule has 22 heavy (non-hydrogen) atoms. The molecule has 0 N–H and O–H groups in total. The molecule has 0 aromatic heterocycles. The molecule has 4 heteroatoms. The number of carbonyl (C=O) groups is 1. The molecule has 3 rings (SSSR count). The molecule has 4 nitrogen and oxygen atoms in total. The predicted octanol–water partition coefficient (Wildman–Crippen LogP) is 2.20. The van der Waals surface area contributed by atoms with Crippen LogP contribution in [0.15, 0.2) is 24.3 Å². The number of amides is 1. The smallest absolute Gasteiger partial charge is 0.226 e. The van der Waals surface area contributed by atoms with Crippen LogP contribution in [-0.4, -0.2) is 55.5 Å². The molecule has 1 fully saturated rings. The zero-order valence-electron chi connectivity index (χ0n) is 14.0. The number of likely N-dealkylation sites (N-methyl/N-ethyl adjacent to an activating group) is 1. The highest BCUT2D eigenvalue weighted by atomic mass is 16.2. The molecule has 0 saturated carbocycles. The largest absolute Gasteiger partial charge is 0.372 e. The van der Waals surface area contributed by atoms with Crippen molar-refractivity contribution in [2.24, 2.45) is 5.92 Å². The number of anilines is 1. The van der Waals surface area contributed by atoms with Crippen molar-refractivity contribution in [2.75, 3.05) is 38.6 Å². The van der Waals surface area contributed by atoms with E-state index in [-0.39, 0.29) is 12.0 Å². The first kappa shape index (κ1) is 15.3. The zero-order chi connectivity index (χ0) is 15.7. The summed E-state index contributed by atoms with van der Waals surface area (Å²) >= 11 is 0. The molecule has 1 atom stereocenters. The van der Waals surface area contributed by atoms with Crippen LogP contribution in [0.4, 0.5) is 5.69 Å². The lowest BCUT2D eigenvalue weighted by molar-refractivity contribution is -0.139. The molecule has 0 radical (unpaired) electrons. The van der Waals surface area contributed by atoms with Gasteiger partial charge in [-0.3, -0.25) is 4.79 Å². The first-order chi connectivity index (χ1) is 10.6. The van der Waals surface area contributed by atoms with Gasteiger partial charge in [-0.25, -0.2) is 0 Å². The average Bonchev–Trinajstić information content (AvgIpc) is 2.64. The van der Waals surface area contributed by atoms with Crippen LogP contribution in [0, 0.1) is 5.92 Å². The summed E-state index contributed by atoms with van der Waals surface area (Å²) in [5.41, 5.74) is 2.52. The molecular formula is C18H27N3O. The minimum absolute atomic E-state index is 0.203. The van der Waals surface area contributed by atoms with Gasteiger partial charge in [0.15, 0.2) is 0 Å². The Kier molecular flexibility index (Phi) is 4.39. The van der Waals surface area contributed by atoms with E-state index in [0.717, 1.165) is 39.0 Å². The molecule has 0 aliphatic carbocycles. The number of rotatable bonds is 1. The van der Waals surface area contributed by atoms with Crippen LogP contribution in [0.25, 0.3) is 0 Å². The van der Waals surface area contributed by atoms with Crippen molar-refractivity contribution >= 4 is 11.6 Å². The number of hydrogen-bond donors (Lipinski definition) is 0. The second-order valence-corrected chi connectivity index (χ2v) is 6.90. The van der Waals surface area contributed by atoms with Crippen molar-refractivity contribution in [2.45, 2.75) is 32.4 Å². The molecule has 120 valence electrons. The third kappa shape index (κ3) is 2.98. The van der Waals surface area contributed by atoms with Crippen LogP contribution in [0.2, 0.25) is 0 Å². The molecule has 1 amide bonds. The Balaban J connectivity index is 1.80. The van der Waals surface area contributed by atoms with Crippen molar-refractivity contribution < 1.29 is 4.79 Å². The number of benzene rings is 1. The van der Waals surface area contributed by atoms with Gasteiger partial charge in [-0.2, -0.15) is 0 Å². The Morgan fingerprint density at radius 2 is 1.82 bits per heavy atom. The fraction of sp³-hybridized carbons (Fsp3) is 0.611. The van der Waals surface area contributed by atoms with Crippen LogP contribution >= 0.6 is 0 Å². The number of fused-ring (bicyclic) bond motifs is 1. The van der Waals surface area contributed by atoms with E-state index < -0.39 is 0 Å². The number of carbonyl (C=O) groups excluding carboxylic acids is 1. The van der Waals surface area contributed by atoms with Gasteiger partial charge >= 0.3 is 0 Å². The fourth-order valence-electron chi connectivity index (χ4n) is 3.73. The second kappa shape index (κ2) is 6.29. The van der Waals surface area contributed by atoms with Crippen molar-refractivity contribution in [1.82, 2.24) is 9.80 Å². The first-order valence-corrected chi connectivity index (χ1v) is 8.34. The summed E-state index contributed by atoms with van der Waals surface area (Å²) in [5.74, 6) is 0.555. The molecule has 2 heterocycles. The van der Waals surface area contributed by atoms with Gasteiger partial charge in [0, 0.05) is 37.8 Å². The summed E-state index contributed by atoms with van der Waals surface area (Å²) in [5, 5.41) is 0. The Hall–Kier alpha value is -1.55. The lowest BCUT2D eigenvalue weighted by atomic mass is 9.95. The molecule has 0 spiro atoms. The van der Waals surface area contributed by atoms with Crippen molar-refractivity contribution in [3.05, 3.63) is 29.8 Å². The molecule has 2 aliphatic heterocycles. The van der Waals surface area contributed by atoms with Gasteiger partial charge in [0.1, 0.15) is 0 Å². The van der Waals surface area contributed by atoms with Crippen LogP contribution < -0.4 is 4.90 Å². The van der Waals surface area contributed by atoms with E-state index in [1.807, 2.05) is 0 Å². The lowest BCUT2D eigenvalue weighted by Gasteiger charge is -2.35. The minimum atomic E-state index is 0.203. The Labute approximate surface area is 133 Å². The van der Waals surface area contributed by atoms with Gasteiger partial charge in [-0.05, 0) is 51.5 Å². The number of para-hydroxylation sites is 1. The molecule has 1 saturated heterocycles. The fourth-order valence-corrected chi connectivity index (χ4v) is 3.73. The van der Waals surface area contributed by atoms with Crippen molar-refractivity contribution in [1.29, 1.82) is 0 Å². The molecule has 0 bridgehead atoms. The number of hydrogen-bond acceptors (Lipinski definition) is 3. The van der Waals surface area contributed by atoms with Gasteiger partial charge in [-0.15, -0.1) is 0 Å². The number of nitrogens with zero attached hydrogens (tertiary/aromatic N) is 3. The number of likely N-dealkylation sites (tertiary alicyclic amines) is 1. The van der Waals surface area contributed by atoms with Crippen LogP contribution in [0.5, 0.6) is 0 Å². The highest BCUT2D eigenvalue weighted by Crippen LogP contribution is 2.28. The monoisotopic (exact) mass is 301 g/mol. The maximum atomic E-state index is 13.0. The van der Waals surface area contributed by atoms with E-state index in [2.05, 4.69) is 60.0 Å². The normalized spacial score (nSPS) is 24.0. The van der Waals surface area contributed by atoms with Gasteiger partial charge in [0.2, 0.25) is 5.91 Å². The standard InChI is InChI=1S/C18H27N3O/c1-14-12-20(3)17-7-5-4-6-16(17)13-21(14)18(22)15-8-10-19(2)11-9-15/h4-7,14-15H,8-13H2,1-3H3. The second-order valence-electron chi connectivity index (χ2n) is 6.90. The van der Waals surface area contributed by atoms with E-state index in [4.69, 9.17) is 0 Å². The highest BCUT2D eigenvalue weighted by molar-refractivity contribution is 5.80. The van der Waals surface area contributed by atoms with Gasteiger partial charge < -0.3 is 14.7 Å². The van der Waals surface area contributed by atoms with Gasteiger partial charge in [-0.1, -0.05) is 18.2 Å². The predicted molar refractivity (Wildman–Crippen MR) is 89.9 cm³/mol. The maximum absolute atomic E-state index is 13.0. The SMILES string of the molecule is CC1CN(C)c2ccccc2CN1C(=O)C1CCN(C)CC1. The van der Waals surface area contributed by atoms with Gasteiger partial charge in [0.05, 0.1) is 0 Å². The molecule has 1 unspecified atom stereocenters. The molecule has 1 aromatic rings. The maximum Gasteiger partial charge on any atom is 0.226 e. The summed E-state index contributed by atoms with van der Waals surface area (Å²) in [6.45, 7) is 5.89. The highest BCUT2D eigenvalue weighted by Gasteiger charge is 2.32. The minimum Gasteiger partial charge on any atom is -0.372 e. The zero-order valence-corrected chi connectivity index (χ0v) is 14.0. The first-order valence-electron chi connectivity index (χ1n) is 8.34. The van der Waals surface area contributed by atoms with Crippen molar-refractivity contribution in [3.63, 3.8) is 0 Å². The summed E-state index contributed by atoms with van der Waals surface area (Å²) in [4.78, 5) is 19.7. The third-order valence-electron chi connectivity index (χ3n) is 5.16. The summed E-state index contributed by atoms with van der Waals surface area (Å²) in [6.07, 6.45) is 1.99. The molecule has 1 aromatic carbocycles. The van der Waals surface area contributed by atoms with Crippen molar-refractivity contribution in [3.8, 4) is 0 Å². The number of piperidine rings is 1. The van der Waals surface area contributed by atoms with E-state index in [9.17, 15) is 4.79 Å². The van der Waals surface area contributed by atoms with E-state index in [1.165, 1.54) is 11.3 Å². The van der Waals surface area contributed by atoms with E-state index in [1.54, 1.807) is 0 Å². The molecular weight excluding hydrogens is 274 g/mol. The summed E-state index contributed by atoms with van der Waals surface area (Å²) in [6, 6.07) is 8.71. The van der Waals surface area contributed by atoms with Crippen LogP contribution in [-0.2, 0) is 11.3 Å². The van der Waals surface area contributed by atoms with Crippen LogP contribution in [0.3, 0.4) is 0 Å². The van der Waals surface area contributed by atoms with E-state index in [0.29, 0.717) is 5.91 Å². The lowest BCUT2D eigenvalue weighted by Crippen LogP contribution is -2.46. The summed E-state index contributed by atoms with van der Waals surface area (Å²) < 4.78 is 0. The van der Waals surface area contributed by atoms with Crippen LogP contribution in [0.1, 0.15) is 25.3 Å². The Morgan fingerprint density at radius 3 is 2.55 bits per heavy atom. The Morgan fingerprint density at radius 1 is 1.14 bits per heavy atom. The Bertz CT molecular complexity index is 537. The summed E-state index contributed by atoms with van der Waals surface area (Å²) in [7, 11) is 4.26. The third-order valence-corrected chi connectivity index (χ3v) is 5.16. The molecule has 2 aliphatic rings. The van der Waals surface area contributed by atoms with Gasteiger partial charge in [0.25, 0.3) is 0 Å². The topological polar surface area (TPSA) is 26.8 Å². The average molecular weight is 301 g/mol.